The molecule has 1 atom stereocenters. The molecular weight excluding hydrogens is 254 g/mol. The molecule has 1 saturated heterocycles. The second kappa shape index (κ2) is 7.26. The van der Waals surface area contributed by atoms with Gasteiger partial charge in [-0.15, -0.1) is 0 Å². The Labute approximate surface area is 120 Å². The van der Waals surface area contributed by atoms with Gasteiger partial charge in [-0.2, -0.15) is 0 Å². The first-order valence-electron chi connectivity index (χ1n) is 7.05. The first-order valence-corrected chi connectivity index (χ1v) is 7.05. The highest BCUT2D eigenvalue weighted by Gasteiger charge is 2.15. The number of hydrogen-bond donors (Lipinski definition) is 2. The van der Waals surface area contributed by atoms with E-state index in [9.17, 15) is 4.79 Å². The summed E-state index contributed by atoms with van der Waals surface area (Å²) in [6.07, 6.45) is 2.47. The summed E-state index contributed by atoms with van der Waals surface area (Å²) < 4.78 is 5.49. The van der Waals surface area contributed by atoms with Gasteiger partial charge in [0.2, 0.25) is 5.91 Å². The van der Waals surface area contributed by atoms with Gasteiger partial charge in [0.05, 0.1) is 12.6 Å². The Morgan fingerprint density at radius 3 is 2.70 bits per heavy atom. The molecule has 5 nitrogen and oxygen atoms in total. The van der Waals surface area contributed by atoms with E-state index >= 15 is 0 Å². The minimum Gasteiger partial charge on any atom is -0.378 e. The van der Waals surface area contributed by atoms with E-state index in [1.807, 2.05) is 43.3 Å². The molecule has 1 fully saturated rings. The van der Waals surface area contributed by atoms with Crippen LogP contribution in [0.5, 0.6) is 0 Å². The van der Waals surface area contributed by atoms with Gasteiger partial charge < -0.3 is 20.3 Å². The van der Waals surface area contributed by atoms with Crippen LogP contribution in [0.15, 0.2) is 24.3 Å². The molecule has 2 rings (SSSR count). The smallest absolute Gasteiger partial charge is 0.238 e. The summed E-state index contributed by atoms with van der Waals surface area (Å²) in [5.41, 5.74) is 1.93. The van der Waals surface area contributed by atoms with Crippen LogP contribution in [0.25, 0.3) is 0 Å². The molecule has 0 spiro atoms. The Hall–Kier alpha value is -1.59. The molecule has 0 bridgehead atoms. The molecule has 20 heavy (non-hydrogen) atoms. The Bertz CT molecular complexity index is 425. The molecule has 1 unspecified atom stereocenters. The lowest BCUT2D eigenvalue weighted by atomic mass is 10.2. The summed E-state index contributed by atoms with van der Waals surface area (Å²) in [5, 5.41) is 6.00. The van der Waals surface area contributed by atoms with E-state index in [4.69, 9.17) is 4.74 Å². The Morgan fingerprint density at radius 1 is 1.35 bits per heavy atom. The topological polar surface area (TPSA) is 53.6 Å². The summed E-state index contributed by atoms with van der Waals surface area (Å²) in [6.45, 7) is 1.90. The van der Waals surface area contributed by atoms with E-state index in [0.717, 1.165) is 37.4 Å². The number of amides is 1. The lowest BCUT2D eigenvalue weighted by Crippen LogP contribution is -2.33. The van der Waals surface area contributed by atoms with Gasteiger partial charge in [-0.1, -0.05) is 0 Å². The maximum absolute atomic E-state index is 11.8. The molecule has 0 radical (unpaired) electrons. The molecule has 110 valence electrons. The number of benzene rings is 1. The van der Waals surface area contributed by atoms with Crippen LogP contribution in [-0.2, 0) is 9.53 Å². The van der Waals surface area contributed by atoms with Gasteiger partial charge in [-0.25, -0.2) is 0 Å². The van der Waals surface area contributed by atoms with E-state index in [1.54, 1.807) is 0 Å². The number of ether oxygens (including phenoxy) is 1. The standard InChI is InChI=1S/C15H23N3O2/c1-18(2)13-7-5-12(6-8-13)17-15(19)11-16-10-14-4-3-9-20-14/h5-8,14,16H,3-4,9-11H2,1-2H3,(H,17,19). The molecule has 2 N–H and O–H groups in total. The summed E-state index contributed by atoms with van der Waals surface area (Å²) in [5.74, 6) is -0.0272. The van der Waals surface area contributed by atoms with Gasteiger partial charge in [0, 0.05) is 38.6 Å². The minimum atomic E-state index is -0.0272. The molecule has 0 saturated carbocycles. The van der Waals surface area contributed by atoms with Gasteiger partial charge in [-0.3, -0.25) is 4.79 Å². The molecular formula is C15H23N3O2. The molecule has 1 amide bonds. The van der Waals surface area contributed by atoms with Crippen LogP contribution >= 0.6 is 0 Å². The van der Waals surface area contributed by atoms with Crippen LogP contribution in [0.3, 0.4) is 0 Å². The van der Waals surface area contributed by atoms with Crippen molar-refractivity contribution >= 4 is 17.3 Å². The van der Waals surface area contributed by atoms with E-state index in [1.165, 1.54) is 0 Å². The van der Waals surface area contributed by atoms with E-state index in [0.29, 0.717) is 6.54 Å². The second-order valence-corrected chi connectivity index (χ2v) is 5.26. The number of carbonyl (C=O) groups is 1. The fraction of sp³-hybridized carbons (Fsp3) is 0.533. The first kappa shape index (κ1) is 14.8. The zero-order valence-corrected chi connectivity index (χ0v) is 12.2. The molecule has 1 heterocycles. The molecule has 5 heteroatoms. The van der Waals surface area contributed by atoms with Crippen molar-refractivity contribution in [2.75, 3.05) is 44.0 Å². The van der Waals surface area contributed by atoms with Crippen molar-refractivity contribution in [3.63, 3.8) is 0 Å². The van der Waals surface area contributed by atoms with Gasteiger partial charge in [0.1, 0.15) is 0 Å². The van der Waals surface area contributed by atoms with Crippen molar-refractivity contribution in [3.05, 3.63) is 24.3 Å². The van der Waals surface area contributed by atoms with Gasteiger partial charge in [-0.05, 0) is 37.1 Å². The number of rotatable bonds is 6. The Balaban J connectivity index is 1.70. The summed E-state index contributed by atoms with van der Waals surface area (Å²) >= 11 is 0. The van der Waals surface area contributed by atoms with Crippen LogP contribution in [0, 0.1) is 0 Å². The lowest BCUT2D eigenvalue weighted by molar-refractivity contribution is -0.115. The molecule has 1 aromatic carbocycles. The molecule has 1 aliphatic heterocycles. The summed E-state index contributed by atoms with van der Waals surface area (Å²) in [7, 11) is 3.98. The summed E-state index contributed by atoms with van der Waals surface area (Å²) in [4.78, 5) is 13.8. The predicted octanol–water partition coefficient (Wildman–Crippen LogP) is 1.46. The van der Waals surface area contributed by atoms with Crippen LogP contribution in [0.1, 0.15) is 12.8 Å². The van der Waals surface area contributed by atoms with Crippen LogP contribution < -0.4 is 15.5 Å². The highest BCUT2D eigenvalue weighted by atomic mass is 16.5. The SMILES string of the molecule is CN(C)c1ccc(NC(=O)CNCC2CCCO2)cc1. The van der Waals surface area contributed by atoms with Gasteiger partial charge in [0.15, 0.2) is 0 Å². The quantitative estimate of drug-likeness (QED) is 0.826. The molecule has 0 aromatic heterocycles. The Morgan fingerprint density at radius 2 is 2.10 bits per heavy atom. The van der Waals surface area contributed by atoms with E-state index in [2.05, 4.69) is 10.6 Å². The van der Waals surface area contributed by atoms with Gasteiger partial charge in [0.25, 0.3) is 0 Å². The van der Waals surface area contributed by atoms with Crippen LogP contribution in [-0.4, -0.2) is 45.8 Å². The summed E-state index contributed by atoms with van der Waals surface area (Å²) in [6, 6.07) is 7.78. The van der Waals surface area contributed by atoms with Crippen molar-refractivity contribution in [1.82, 2.24) is 5.32 Å². The van der Waals surface area contributed by atoms with Crippen LogP contribution in [0.4, 0.5) is 11.4 Å². The fourth-order valence-corrected chi connectivity index (χ4v) is 2.20. The number of carbonyl (C=O) groups excluding carboxylic acids is 1. The highest BCUT2D eigenvalue weighted by molar-refractivity contribution is 5.92. The normalized spacial score (nSPS) is 18.0. The number of anilines is 2. The Kier molecular flexibility index (Phi) is 5.38. The van der Waals surface area contributed by atoms with Crippen molar-refractivity contribution in [2.45, 2.75) is 18.9 Å². The maximum Gasteiger partial charge on any atom is 0.238 e. The fourth-order valence-electron chi connectivity index (χ4n) is 2.20. The third-order valence-corrected chi connectivity index (χ3v) is 3.35. The lowest BCUT2D eigenvalue weighted by Gasteiger charge is -2.13. The average molecular weight is 277 g/mol. The van der Waals surface area contributed by atoms with Gasteiger partial charge >= 0.3 is 0 Å². The van der Waals surface area contributed by atoms with Crippen molar-refractivity contribution in [2.24, 2.45) is 0 Å². The number of nitrogens with zero attached hydrogens (tertiary/aromatic N) is 1. The monoisotopic (exact) mass is 277 g/mol. The zero-order chi connectivity index (χ0) is 14.4. The molecule has 1 aliphatic rings. The third-order valence-electron chi connectivity index (χ3n) is 3.35. The number of nitrogens with one attached hydrogen (secondary N) is 2. The first-order chi connectivity index (χ1) is 9.65. The average Bonchev–Trinajstić information content (AvgIpc) is 2.92. The van der Waals surface area contributed by atoms with Crippen molar-refractivity contribution in [1.29, 1.82) is 0 Å². The van der Waals surface area contributed by atoms with E-state index < -0.39 is 0 Å². The third kappa shape index (κ3) is 4.51. The van der Waals surface area contributed by atoms with Crippen molar-refractivity contribution in [3.8, 4) is 0 Å². The molecule has 0 aliphatic carbocycles. The largest absolute Gasteiger partial charge is 0.378 e. The number of hydrogen-bond acceptors (Lipinski definition) is 4. The van der Waals surface area contributed by atoms with Crippen molar-refractivity contribution < 1.29 is 9.53 Å². The second-order valence-electron chi connectivity index (χ2n) is 5.26. The van der Waals surface area contributed by atoms with E-state index in [-0.39, 0.29) is 12.0 Å². The highest BCUT2D eigenvalue weighted by Crippen LogP contribution is 2.15. The molecule has 1 aromatic rings. The van der Waals surface area contributed by atoms with Crippen LogP contribution in [0.2, 0.25) is 0 Å². The predicted molar refractivity (Wildman–Crippen MR) is 81.2 cm³/mol. The minimum absolute atomic E-state index is 0.0272. The zero-order valence-electron chi connectivity index (χ0n) is 12.2. The maximum atomic E-state index is 11.8.